The van der Waals surface area contributed by atoms with E-state index in [1.807, 2.05) is 20.8 Å². The van der Waals surface area contributed by atoms with Crippen LogP contribution in [0.2, 0.25) is 5.02 Å². The van der Waals surface area contributed by atoms with Crippen LogP contribution in [-0.4, -0.2) is 37.4 Å². The first-order valence-corrected chi connectivity index (χ1v) is 7.94. The lowest BCUT2D eigenvalue weighted by molar-refractivity contribution is -0.143. The molecular formula is C15H19ClF3N5O. The maximum atomic E-state index is 13.0. The largest absolute Gasteiger partial charge is 0.434 e. The quantitative estimate of drug-likeness (QED) is 0.822. The molecule has 2 rings (SSSR count). The minimum atomic E-state index is -4.69. The molecule has 2 heterocycles. The van der Waals surface area contributed by atoms with Crippen LogP contribution in [0.1, 0.15) is 40.1 Å². The fourth-order valence-corrected chi connectivity index (χ4v) is 3.05. The fourth-order valence-electron chi connectivity index (χ4n) is 2.70. The molecule has 0 unspecified atom stereocenters. The minimum absolute atomic E-state index is 0.199. The molecule has 0 bridgehead atoms. The van der Waals surface area contributed by atoms with Gasteiger partial charge in [-0.05, 0) is 20.8 Å². The highest BCUT2D eigenvalue weighted by molar-refractivity contribution is 6.34. The molecule has 0 aliphatic rings. The van der Waals surface area contributed by atoms with Gasteiger partial charge in [-0.2, -0.15) is 23.4 Å². The molecule has 2 aromatic rings. The second-order valence-corrected chi connectivity index (χ2v) is 6.14. The van der Waals surface area contributed by atoms with Crippen LogP contribution in [0.4, 0.5) is 13.2 Å². The number of hydrogen-bond acceptors (Lipinski definition) is 3. The van der Waals surface area contributed by atoms with Crippen LogP contribution >= 0.6 is 11.6 Å². The Balaban J connectivity index is 2.32. The van der Waals surface area contributed by atoms with Crippen LogP contribution in [0.15, 0.2) is 0 Å². The average molecular weight is 378 g/mol. The Morgan fingerprint density at radius 3 is 2.32 bits per heavy atom. The van der Waals surface area contributed by atoms with Gasteiger partial charge in [0.15, 0.2) is 11.4 Å². The molecule has 0 saturated carbocycles. The van der Waals surface area contributed by atoms with Gasteiger partial charge in [-0.1, -0.05) is 11.6 Å². The number of carbonyl (C=O) groups excluding carboxylic acids is 1. The van der Waals surface area contributed by atoms with Crippen LogP contribution in [0, 0.1) is 13.8 Å². The third-order valence-electron chi connectivity index (χ3n) is 4.03. The zero-order valence-electron chi connectivity index (χ0n) is 14.6. The zero-order chi connectivity index (χ0) is 19.1. The van der Waals surface area contributed by atoms with Gasteiger partial charge in [0.05, 0.1) is 5.69 Å². The highest BCUT2D eigenvalue weighted by atomic mass is 35.5. The van der Waals surface area contributed by atoms with Crippen LogP contribution in [0.3, 0.4) is 0 Å². The number of carbonyl (C=O) groups is 1. The van der Waals surface area contributed by atoms with E-state index in [1.165, 1.54) is 11.9 Å². The van der Waals surface area contributed by atoms with E-state index in [4.69, 9.17) is 11.6 Å². The lowest BCUT2D eigenvalue weighted by Gasteiger charge is -2.16. The molecule has 0 aromatic carbocycles. The van der Waals surface area contributed by atoms with Gasteiger partial charge in [0.2, 0.25) is 0 Å². The third kappa shape index (κ3) is 3.51. The molecule has 0 radical (unpaired) electrons. The molecule has 1 amide bonds. The van der Waals surface area contributed by atoms with E-state index >= 15 is 0 Å². The summed E-state index contributed by atoms with van der Waals surface area (Å²) in [7, 11) is 2.59. The number of alkyl halides is 3. The fraction of sp³-hybridized carbons (Fsp3) is 0.533. The predicted octanol–water partition coefficient (Wildman–Crippen LogP) is 3.20. The smallest absolute Gasteiger partial charge is 0.336 e. The van der Waals surface area contributed by atoms with Crippen molar-refractivity contribution < 1.29 is 18.0 Å². The molecule has 25 heavy (non-hydrogen) atoms. The van der Waals surface area contributed by atoms with Gasteiger partial charge in [-0.15, -0.1) is 0 Å². The summed E-state index contributed by atoms with van der Waals surface area (Å²) in [5, 5.41) is 7.33. The van der Waals surface area contributed by atoms with E-state index in [0.29, 0.717) is 11.2 Å². The summed E-state index contributed by atoms with van der Waals surface area (Å²) in [6.45, 7) is 6.54. The van der Waals surface area contributed by atoms with Crippen molar-refractivity contribution in [2.24, 2.45) is 7.05 Å². The zero-order valence-corrected chi connectivity index (χ0v) is 15.3. The summed E-state index contributed by atoms with van der Waals surface area (Å²) < 4.78 is 41.4. The molecule has 2 aromatic heterocycles. The Morgan fingerprint density at radius 2 is 1.88 bits per heavy atom. The lowest BCUT2D eigenvalue weighted by atomic mass is 10.2. The monoisotopic (exact) mass is 377 g/mol. The number of halogens is 4. The Bertz CT molecular complexity index is 809. The first-order valence-electron chi connectivity index (χ1n) is 7.57. The predicted molar refractivity (Wildman–Crippen MR) is 86.4 cm³/mol. The molecule has 0 atom stereocenters. The van der Waals surface area contributed by atoms with Gasteiger partial charge in [0.25, 0.3) is 5.91 Å². The van der Waals surface area contributed by atoms with Crippen molar-refractivity contribution in [2.45, 2.75) is 40.0 Å². The van der Waals surface area contributed by atoms with Crippen molar-refractivity contribution in [1.29, 1.82) is 0 Å². The van der Waals surface area contributed by atoms with Crippen LogP contribution in [0.25, 0.3) is 0 Å². The van der Waals surface area contributed by atoms with Crippen molar-refractivity contribution in [3.63, 3.8) is 0 Å². The van der Waals surface area contributed by atoms with Gasteiger partial charge in [0.1, 0.15) is 5.02 Å². The van der Waals surface area contributed by atoms with E-state index in [9.17, 15) is 18.0 Å². The molecule has 6 nitrogen and oxygen atoms in total. The molecule has 138 valence electrons. The van der Waals surface area contributed by atoms with Crippen LogP contribution in [0.5, 0.6) is 0 Å². The highest BCUT2D eigenvalue weighted by Gasteiger charge is 2.40. The van der Waals surface area contributed by atoms with Crippen molar-refractivity contribution in [3.05, 3.63) is 33.4 Å². The number of hydrogen-bond donors (Lipinski definition) is 0. The average Bonchev–Trinajstić information content (AvgIpc) is 2.95. The molecule has 10 heteroatoms. The van der Waals surface area contributed by atoms with E-state index < -0.39 is 28.5 Å². The van der Waals surface area contributed by atoms with Crippen molar-refractivity contribution in [3.8, 4) is 0 Å². The first kappa shape index (κ1) is 19.3. The summed E-state index contributed by atoms with van der Waals surface area (Å²) in [5.41, 5.74) is 0.958. The topological polar surface area (TPSA) is 56.0 Å². The van der Waals surface area contributed by atoms with Crippen molar-refractivity contribution >= 4 is 17.5 Å². The molecule has 0 N–H and O–H groups in total. The van der Waals surface area contributed by atoms with Gasteiger partial charge >= 0.3 is 6.18 Å². The number of rotatable bonds is 4. The van der Waals surface area contributed by atoms with Crippen molar-refractivity contribution in [2.75, 3.05) is 7.05 Å². The Labute approximate surface area is 148 Å². The third-order valence-corrected chi connectivity index (χ3v) is 4.39. The highest BCUT2D eigenvalue weighted by Crippen LogP contribution is 2.36. The summed E-state index contributed by atoms with van der Waals surface area (Å²) in [5.74, 6) is -0.681. The van der Waals surface area contributed by atoms with Gasteiger partial charge in [-0.3, -0.25) is 14.2 Å². The van der Waals surface area contributed by atoms with Gasteiger partial charge < -0.3 is 4.90 Å². The molecule has 0 aliphatic carbocycles. The van der Waals surface area contributed by atoms with Crippen molar-refractivity contribution in [1.82, 2.24) is 24.5 Å². The molecule has 0 aliphatic heterocycles. The van der Waals surface area contributed by atoms with Gasteiger partial charge in [0, 0.05) is 38.4 Å². The Hall–Kier alpha value is -2.03. The number of nitrogens with zero attached hydrogens (tertiary/aromatic N) is 5. The summed E-state index contributed by atoms with van der Waals surface area (Å²) in [6.07, 6.45) is -4.69. The molecular weight excluding hydrogens is 359 g/mol. The number of aryl methyl sites for hydroxylation is 3. The van der Waals surface area contributed by atoms with Crippen LogP contribution < -0.4 is 0 Å². The lowest BCUT2D eigenvalue weighted by Crippen LogP contribution is -2.27. The first-order chi connectivity index (χ1) is 11.5. The summed E-state index contributed by atoms with van der Waals surface area (Å²) in [6, 6.07) is 0. The normalized spacial score (nSPS) is 11.9. The maximum absolute atomic E-state index is 13.0. The maximum Gasteiger partial charge on any atom is 0.434 e. The summed E-state index contributed by atoms with van der Waals surface area (Å²) >= 11 is 5.78. The minimum Gasteiger partial charge on any atom is -0.336 e. The molecule has 0 saturated heterocycles. The van der Waals surface area contributed by atoms with Gasteiger partial charge in [-0.25, -0.2) is 0 Å². The Morgan fingerprint density at radius 1 is 1.28 bits per heavy atom. The van der Waals surface area contributed by atoms with E-state index in [2.05, 4.69) is 10.2 Å². The van der Waals surface area contributed by atoms with Crippen LogP contribution in [-0.2, 0) is 26.3 Å². The van der Waals surface area contributed by atoms with E-state index in [0.717, 1.165) is 24.0 Å². The van der Waals surface area contributed by atoms with E-state index in [1.54, 1.807) is 4.68 Å². The Kier molecular flexibility index (Phi) is 5.17. The molecule has 0 spiro atoms. The van der Waals surface area contributed by atoms with E-state index in [-0.39, 0.29) is 6.54 Å². The SMILES string of the molecule is CCn1nc(C)c(CN(C)C(=O)c2nn(C)c(C(F)(F)F)c2Cl)c1C. The molecule has 0 fully saturated rings. The summed E-state index contributed by atoms with van der Waals surface area (Å²) in [4.78, 5) is 13.8. The number of aromatic nitrogens is 4. The second kappa shape index (κ2) is 6.70. The number of amides is 1. The standard InChI is InChI=1S/C15H19ClF3N5O/c1-6-24-9(3)10(8(2)20-24)7-22(4)14(25)12-11(16)13(15(17,18)19)23(5)21-12/h6-7H2,1-5H3. The second-order valence-electron chi connectivity index (χ2n) is 5.76.